The van der Waals surface area contributed by atoms with Crippen molar-refractivity contribution in [3.63, 3.8) is 0 Å². The maximum atomic E-state index is 13.7. The SMILES string of the molecule is [CH2-]C([CH2-])c1cc(Nc2cnc(/C=C/CC)c(N(C)C(C)c3cccc(F)c3)n2)n[nH]1.[U+2]. The van der Waals surface area contributed by atoms with Crippen LogP contribution in [0.25, 0.3) is 6.08 Å². The molecule has 0 aliphatic rings. The molecule has 0 spiro atoms. The van der Waals surface area contributed by atoms with Gasteiger partial charge in [0.25, 0.3) is 0 Å². The van der Waals surface area contributed by atoms with Crippen LogP contribution >= 0.6 is 0 Å². The van der Waals surface area contributed by atoms with Gasteiger partial charge < -0.3 is 24.1 Å². The number of benzene rings is 1. The van der Waals surface area contributed by atoms with Crippen molar-refractivity contribution in [2.75, 3.05) is 17.3 Å². The summed E-state index contributed by atoms with van der Waals surface area (Å²) in [5.74, 6) is 1.45. The van der Waals surface area contributed by atoms with Crippen LogP contribution in [0.15, 0.2) is 42.6 Å². The van der Waals surface area contributed by atoms with Crippen molar-refractivity contribution >= 4 is 23.5 Å². The van der Waals surface area contributed by atoms with E-state index in [4.69, 9.17) is 4.98 Å². The second kappa shape index (κ2) is 11.5. The Bertz CT molecular complexity index is 1020. The number of halogens is 1. The quantitative estimate of drug-likeness (QED) is 0.319. The molecule has 160 valence electrons. The monoisotopic (exact) mass is 644 g/mol. The summed E-state index contributed by atoms with van der Waals surface area (Å²) in [4.78, 5) is 11.3. The van der Waals surface area contributed by atoms with Crippen molar-refractivity contribution in [1.82, 2.24) is 20.2 Å². The van der Waals surface area contributed by atoms with Crippen LogP contribution in [0, 0.1) is 50.8 Å². The first kappa shape index (κ1) is 25.1. The predicted molar refractivity (Wildman–Crippen MR) is 120 cm³/mol. The fraction of sp³-hybridized carbons (Fsp3) is 0.261. The van der Waals surface area contributed by atoms with Crippen molar-refractivity contribution in [2.45, 2.75) is 32.2 Å². The zero-order valence-electron chi connectivity index (χ0n) is 18.1. The minimum atomic E-state index is -0.260. The number of hydrogen-bond acceptors (Lipinski definition) is 5. The van der Waals surface area contributed by atoms with Crippen molar-refractivity contribution in [3.8, 4) is 0 Å². The number of hydrogen-bond donors (Lipinski definition) is 2. The number of rotatable bonds is 8. The van der Waals surface area contributed by atoms with Gasteiger partial charge in [-0.3, -0.25) is 11.0 Å². The standard InChI is InChI=1S/C23H27FN6.U/c1-6-7-11-19-23(30(5)16(4)17-9-8-10-18(24)12-17)27-22(14-25-19)26-21-13-20(15(2)3)28-29-21;/h7-16H,2-3,6H2,1,4-5H3,(H2,26,27,28,29);/q-2;+2/b11-7+;. The Morgan fingerprint density at radius 1 is 1.26 bits per heavy atom. The van der Waals surface area contributed by atoms with Gasteiger partial charge in [-0.05, 0) is 48.9 Å². The van der Waals surface area contributed by atoms with Crippen LogP contribution in [-0.4, -0.2) is 27.2 Å². The van der Waals surface area contributed by atoms with Gasteiger partial charge in [-0.15, -0.1) is 0 Å². The van der Waals surface area contributed by atoms with Crippen LogP contribution in [0.2, 0.25) is 0 Å². The molecule has 2 heterocycles. The molecular formula is C23H27FN6U. The summed E-state index contributed by atoms with van der Waals surface area (Å²) < 4.78 is 13.7. The van der Waals surface area contributed by atoms with Gasteiger partial charge in [0.2, 0.25) is 0 Å². The van der Waals surface area contributed by atoms with Gasteiger partial charge in [-0.1, -0.05) is 25.1 Å². The molecule has 0 saturated carbocycles. The van der Waals surface area contributed by atoms with Crippen LogP contribution < -0.4 is 10.2 Å². The maximum Gasteiger partial charge on any atom is 2.00 e. The van der Waals surface area contributed by atoms with E-state index >= 15 is 0 Å². The number of nitrogens with one attached hydrogen (secondary N) is 2. The van der Waals surface area contributed by atoms with Crippen LogP contribution in [-0.2, 0) is 0 Å². The van der Waals surface area contributed by atoms with E-state index in [1.54, 1.807) is 12.3 Å². The molecule has 8 heteroatoms. The van der Waals surface area contributed by atoms with Crippen LogP contribution in [0.1, 0.15) is 49.2 Å². The van der Waals surface area contributed by atoms with E-state index in [0.29, 0.717) is 17.5 Å². The Morgan fingerprint density at radius 3 is 2.68 bits per heavy atom. The number of nitrogens with zero attached hydrogens (tertiary/aromatic N) is 4. The molecule has 0 aliphatic carbocycles. The molecule has 2 aromatic heterocycles. The molecule has 31 heavy (non-hydrogen) atoms. The third kappa shape index (κ3) is 6.41. The van der Waals surface area contributed by atoms with Gasteiger partial charge in [0.15, 0.2) is 17.5 Å². The van der Waals surface area contributed by atoms with E-state index in [0.717, 1.165) is 23.4 Å². The average molecular weight is 645 g/mol. The van der Waals surface area contributed by atoms with Crippen molar-refractivity contribution < 1.29 is 35.5 Å². The maximum absolute atomic E-state index is 13.7. The Hall–Kier alpha value is -2.17. The summed E-state index contributed by atoms with van der Waals surface area (Å²) in [6, 6.07) is 8.34. The zero-order chi connectivity index (χ0) is 21.7. The summed E-state index contributed by atoms with van der Waals surface area (Å²) in [5.41, 5.74) is 2.42. The first-order valence-electron chi connectivity index (χ1n) is 9.89. The van der Waals surface area contributed by atoms with E-state index in [1.807, 2.05) is 43.2 Å². The summed E-state index contributed by atoms with van der Waals surface area (Å²) in [6.07, 6.45) is 6.53. The first-order chi connectivity index (χ1) is 14.4. The van der Waals surface area contributed by atoms with Gasteiger partial charge in [0.05, 0.1) is 12.2 Å². The Labute approximate surface area is 207 Å². The van der Waals surface area contributed by atoms with E-state index in [9.17, 15) is 4.39 Å². The van der Waals surface area contributed by atoms with E-state index in [2.05, 4.69) is 41.3 Å². The van der Waals surface area contributed by atoms with Gasteiger partial charge in [0.1, 0.15) is 11.5 Å². The number of aromatic amines is 1. The minimum absolute atomic E-state index is 0. The fourth-order valence-electron chi connectivity index (χ4n) is 2.97. The Kier molecular flexibility index (Phi) is 9.27. The first-order valence-corrected chi connectivity index (χ1v) is 9.89. The second-order valence-corrected chi connectivity index (χ2v) is 7.15. The molecule has 0 radical (unpaired) electrons. The molecular weight excluding hydrogens is 617 g/mol. The van der Waals surface area contributed by atoms with Crippen LogP contribution in [0.3, 0.4) is 0 Å². The third-order valence-electron chi connectivity index (χ3n) is 4.83. The molecule has 0 fully saturated rings. The van der Waals surface area contributed by atoms with Gasteiger partial charge in [0, 0.05) is 7.05 Å². The molecule has 6 nitrogen and oxygen atoms in total. The van der Waals surface area contributed by atoms with E-state index < -0.39 is 0 Å². The number of H-pyrrole nitrogens is 1. The van der Waals surface area contributed by atoms with Crippen molar-refractivity contribution in [1.29, 1.82) is 0 Å². The Balaban J connectivity index is 0.00000341. The zero-order valence-corrected chi connectivity index (χ0v) is 22.2. The molecule has 2 N–H and O–H groups in total. The molecule has 3 rings (SSSR count). The molecule has 3 aromatic rings. The summed E-state index contributed by atoms with van der Waals surface area (Å²) in [7, 11) is 1.93. The molecule has 1 aromatic carbocycles. The molecule has 0 bridgehead atoms. The van der Waals surface area contributed by atoms with Gasteiger partial charge in [-0.2, -0.15) is 5.10 Å². The predicted octanol–water partition coefficient (Wildman–Crippen LogP) is 5.45. The average Bonchev–Trinajstić information content (AvgIpc) is 3.20. The number of aromatic nitrogens is 4. The minimum Gasteiger partial charge on any atom is -0.364 e. The smallest absolute Gasteiger partial charge is 0.364 e. The topological polar surface area (TPSA) is 69.7 Å². The molecule has 0 aliphatic heterocycles. The van der Waals surface area contributed by atoms with E-state index in [1.165, 1.54) is 12.1 Å². The molecule has 1 atom stereocenters. The molecule has 0 saturated heterocycles. The van der Waals surface area contributed by atoms with Crippen molar-refractivity contribution in [2.24, 2.45) is 0 Å². The summed E-state index contributed by atoms with van der Waals surface area (Å²) in [5, 5.41) is 10.3. The number of anilines is 3. The van der Waals surface area contributed by atoms with Gasteiger partial charge >= 0.3 is 31.1 Å². The largest absolute Gasteiger partial charge is 2.00 e. The van der Waals surface area contributed by atoms with Crippen LogP contribution in [0.4, 0.5) is 21.8 Å². The van der Waals surface area contributed by atoms with Gasteiger partial charge in [-0.25, -0.2) is 14.4 Å². The van der Waals surface area contributed by atoms with Crippen LogP contribution in [0.5, 0.6) is 0 Å². The molecule has 0 amide bonds. The van der Waals surface area contributed by atoms with E-state index in [-0.39, 0.29) is 48.9 Å². The fourth-order valence-corrected chi connectivity index (χ4v) is 2.97. The summed E-state index contributed by atoms with van der Waals surface area (Å²) in [6.45, 7) is 11.8. The third-order valence-corrected chi connectivity index (χ3v) is 4.83. The second-order valence-electron chi connectivity index (χ2n) is 7.15. The summed E-state index contributed by atoms with van der Waals surface area (Å²) >= 11 is 0. The van der Waals surface area contributed by atoms with Crippen molar-refractivity contribution in [3.05, 3.63) is 79.2 Å². The molecule has 1 unspecified atom stereocenters. The number of allylic oxidation sites excluding steroid dienone is 1. The Morgan fingerprint density at radius 2 is 2.03 bits per heavy atom. The normalized spacial score (nSPS) is 12.1.